The van der Waals surface area contributed by atoms with Crippen LogP contribution in [0.3, 0.4) is 0 Å². The summed E-state index contributed by atoms with van der Waals surface area (Å²) in [5.74, 6) is -1.12. The molecule has 1 heterocycles. The first-order valence-electron chi connectivity index (χ1n) is 8.10. The molecule has 0 saturated heterocycles. The number of hydrogen-bond acceptors (Lipinski definition) is 6. The van der Waals surface area contributed by atoms with Crippen molar-refractivity contribution < 1.29 is 29.1 Å². The van der Waals surface area contributed by atoms with E-state index in [2.05, 4.69) is 41.2 Å². The number of aromatic nitrogens is 2. The maximum atomic E-state index is 10.1. The van der Waals surface area contributed by atoms with E-state index in [1.807, 2.05) is 0 Å². The number of imidazole rings is 1. The topological polar surface area (TPSA) is 186 Å². The number of H-pyrrole nitrogens is 1. The second kappa shape index (κ2) is 23.0. The van der Waals surface area contributed by atoms with Crippen LogP contribution in [-0.4, -0.2) is 44.4 Å². The fourth-order valence-corrected chi connectivity index (χ4v) is 0.692. The molecule has 10 heteroatoms. The summed E-state index contributed by atoms with van der Waals surface area (Å²) in [6, 6.07) is 0. The summed E-state index contributed by atoms with van der Waals surface area (Å²) in [5.41, 5.74) is 9.76. The average Bonchev–Trinajstić information content (AvgIpc) is 3.08. The molecular formula is C20H30N4O6. The van der Waals surface area contributed by atoms with Gasteiger partial charge in [-0.2, -0.15) is 0 Å². The predicted octanol–water partition coefficient (Wildman–Crippen LogP) is 1.66. The van der Waals surface area contributed by atoms with E-state index < -0.39 is 17.8 Å². The van der Waals surface area contributed by atoms with Crippen molar-refractivity contribution in [3.8, 4) is 0 Å². The fourth-order valence-electron chi connectivity index (χ4n) is 0.692. The van der Waals surface area contributed by atoms with Crippen LogP contribution >= 0.6 is 0 Å². The zero-order valence-corrected chi connectivity index (χ0v) is 17.7. The molecule has 6 N–H and O–H groups in total. The van der Waals surface area contributed by atoms with E-state index in [1.54, 1.807) is 12.3 Å². The first-order chi connectivity index (χ1) is 13.7. The Morgan fingerprint density at radius 1 is 0.933 bits per heavy atom. The van der Waals surface area contributed by atoms with E-state index in [-0.39, 0.29) is 11.6 Å². The Bertz CT molecular complexity index is 710. The summed E-state index contributed by atoms with van der Waals surface area (Å²) in [7, 11) is 0. The van der Waals surface area contributed by atoms with Crippen molar-refractivity contribution in [2.45, 2.75) is 27.7 Å². The van der Waals surface area contributed by atoms with Crippen molar-refractivity contribution in [2.75, 3.05) is 0 Å². The lowest BCUT2D eigenvalue weighted by molar-refractivity contribution is -0.131. The smallest absolute Gasteiger partial charge is 0.328 e. The fraction of sp³-hybridized carbons (Fsp3) is 0.200. The normalized spacial score (nSPS) is 8.00. The van der Waals surface area contributed by atoms with Crippen LogP contribution in [0.5, 0.6) is 0 Å². The Hall–Kier alpha value is -4.08. The second-order valence-corrected chi connectivity index (χ2v) is 5.12. The zero-order chi connectivity index (χ0) is 24.7. The van der Waals surface area contributed by atoms with Crippen molar-refractivity contribution in [3.63, 3.8) is 0 Å². The van der Waals surface area contributed by atoms with Gasteiger partial charge in [0, 0.05) is 12.3 Å². The number of rotatable bonds is 5. The Labute approximate surface area is 176 Å². The molecule has 30 heavy (non-hydrogen) atoms. The van der Waals surface area contributed by atoms with Crippen molar-refractivity contribution in [3.05, 3.63) is 55.7 Å². The van der Waals surface area contributed by atoms with Crippen LogP contribution < -0.4 is 11.5 Å². The average molecular weight is 422 g/mol. The molecule has 0 aromatic carbocycles. The molecule has 1 aromatic rings. The minimum Gasteiger partial charge on any atom is -0.478 e. The molecule has 0 aliphatic heterocycles. The molecule has 166 valence electrons. The molecule has 1 rings (SSSR count). The van der Waals surface area contributed by atoms with Crippen LogP contribution in [0.2, 0.25) is 0 Å². The summed E-state index contributed by atoms with van der Waals surface area (Å²) in [5, 5.41) is 8.29. The van der Waals surface area contributed by atoms with E-state index in [0.29, 0.717) is 11.5 Å². The van der Waals surface area contributed by atoms with Gasteiger partial charge in [0.2, 0.25) is 11.8 Å². The summed E-state index contributed by atoms with van der Waals surface area (Å²) >= 11 is 0. The van der Waals surface area contributed by atoms with Gasteiger partial charge in [0.25, 0.3) is 0 Å². The monoisotopic (exact) mass is 422 g/mol. The molecule has 1 aromatic heterocycles. The van der Waals surface area contributed by atoms with E-state index in [9.17, 15) is 24.0 Å². The van der Waals surface area contributed by atoms with Gasteiger partial charge >= 0.3 is 5.97 Å². The third-order valence-electron chi connectivity index (χ3n) is 1.61. The highest BCUT2D eigenvalue weighted by molar-refractivity contribution is 5.85. The van der Waals surface area contributed by atoms with Crippen molar-refractivity contribution >= 4 is 41.5 Å². The highest BCUT2D eigenvalue weighted by Crippen LogP contribution is 1.99. The van der Waals surface area contributed by atoms with Crippen LogP contribution in [0.25, 0.3) is 12.2 Å². The Morgan fingerprint density at radius 3 is 1.47 bits per heavy atom. The molecule has 0 unspecified atom stereocenters. The molecule has 0 aliphatic carbocycles. The zero-order valence-electron chi connectivity index (χ0n) is 17.7. The number of carboxylic acid groups (broad SMARTS) is 1. The number of amides is 2. The second-order valence-electron chi connectivity index (χ2n) is 5.12. The Kier molecular flexibility index (Phi) is 25.6. The molecule has 0 atom stereocenters. The van der Waals surface area contributed by atoms with Crippen LogP contribution in [-0.2, 0) is 24.0 Å². The quantitative estimate of drug-likeness (QED) is 0.519. The third kappa shape index (κ3) is 49.6. The highest BCUT2D eigenvalue weighted by Gasteiger charge is 1.93. The van der Waals surface area contributed by atoms with Gasteiger partial charge in [0.05, 0.1) is 5.69 Å². The lowest BCUT2D eigenvalue weighted by Gasteiger charge is -1.80. The van der Waals surface area contributed by atoms with Gasteiger partial charge in [-0.15, -0.1) is 0 Å². The first kappa shape index (κ1) is 33.5. The lowest BCUT2D eigenvalue weighted by atomic mass is 10.5. The van der Waals surface area contributed by atoms with Crippen LogP contribution in [0.4, 0.5) is 0 Å². The molecule has 0 fully saturated rings. The van der Waals surface area contributed by atoms with Crippen LogP contribution in [0.1, 0.15) is 39.2 Å². The summed E-state index contributed by atoms with van der Waals surface area (Å²) in [6.07, 6.45) is 7.74. The molecule has 2 amide bonds. The number of nitrogens with zero attached hydrogens (tertiary/aromatic N) is 1. The van der Waals surface area contributed by atoms with E-state index in [0.717, 1.165) is 18.2 Å². The number of primary amides is 2. The van der Waals surface area contributed by atoms with E-state index >= 15 is 0 Å². The molecule has 0 radical (unpaired) electrons. The molecule has 0 aliphatic rings. The summed E-state index contributed by atoms with van der Waals surface area (Å²) < 4.78 is 0. The number of nitrogens with two attached hydrogens (primary N) is 2. The molecule has 0 saturated carbocycles. The number of aliphatic carboxylic acids is 1. The third-order valence-corrected chi connectivity index (χ3v) is 1.61. The van der Waals surface area contributed by atoms with Gasteiger partial charge in [-0.25, -0.2) is 9.78 Å². The molecule has 0 bridgehead atoms. The van der Waals surface area contributed by atoms with Gasteiger partial charge in [0.1, 0.15) is 17.4 Å². The van der Waals surface area contributed by atoms with E-state index in [1.165, 1.54) is 33.8 Å². The van der Waals surface area contributed by atoms with Crippen molar-refractivity contribution in [2.24, 2.45) is 11.5 Å². The number of Topliss-reactive ketones (excluding diaryl/α,β-unsaturated/α-hetero) is 2. The number of aromatic amines is 1. The minimum atomic E-state index is -0.994. The number of nitrogens with one attached hydrogen (secondary N) is 1. The van der Waals surface area contributed by atoms with Crippen LogP contribution in [0, 0.1) is 0 Å². The SMILES string of the molecule is C=CC(N)=O.C=CC(N)=O.C=Cc1c[nH]c(C=CC(=O)O)n1.CC(C)=O.CC(C)=O. The number of carboxylic acids is 1. The Balaban J connectivity index is -0.000000158. The maximum absolute atomic E-state index is 10.1. The standard InChI is InChI=1S/C8H8N2O2.2C3H5NO.2C3H6O/c1-2-6-5-9-7(10-6)3-4-8(11)12;2*1-2-3(4)5;2*1-3(2)4/h2-5H,1H2,(H,9,10)(H,11,12);2*2H,1H2,(H2,4,5);2*1-2H3. The lowest BCUT2D eigenvalue weighted by Crippen LogP contribution is -2.04. The molecule has 10 nitrogen and oxygen atoms in total. The van der Waals surface area contributed by atoms with Gasteiger partial charge in [-0.05, 0) is 52.0 Å². The minimum absolute atomic E-state index is 0.167. The molecular weight excluding hydrogens is 392 g/mol. The number of hydrogen-bond donors (Lipinski definition) is 4. The highest BCUT2D eigenvalue weighted by atomic mass is 16.4. The van der Waals surface area contributed by atoms with Crippen molar-refractivity contribution in [1.82, 2.24) is 9.97 Å². The maximum Gasteiger partial charge on any atom is 0.328 e. The van der Waals surface area contributed by atoms with Gasteiger partial charge in [0.15, 0.2) is 0 Å². The largest absolute Gasteiger partial charge is 0.478 e. The number of ketones is 2. The first-order valence-corrected chi connectivity index (χ1v) is 8.10. The Morgan fingerprint density at radius 2 is 1.27 bits per heavy atom. The predicted molar refractivity (Wildman–Crippen MR) is 117 cm³/mol. The van der Waals surface area contributed by atoms with Crippen LogP contribution in [0.15, 0.2) is 44.2 Å². The van der Waals surface area contributed by atoms with Crippen molar-refractivity contribution in [1.29, 1.82) is 0 Å². The van der Waals surface area contributed by atoms with Gasteiger partial charge in [-0.1, -0.05) is 19.7 Å². The van der Waals surface area contributed by atoms with Gasteiger partial charge < -0.3 is 31.1 Å². The molecule has 0 spiro atoms. The van der Waals surface area contributed by atoms with E-state index in [4.69, 9.17) is 5.11 Å². The number of carbonyl (C=O) groups excluding carboxylic acids is 4. The summed E-state index contributed by atoms with van der Waals surface area (Å²) in [6.45, 7) is 15.8. The van der Waals surface area contributed by atoms with Gasteiger partial charge in [-0.3, -0.25) is 9.59 Å². The number of carbonyl (C=O) groups is 5. The summed E-state index contributed by atoms with van der Waals surface area (Å²) in [4.78, 5) is 54.7.